The minimum Gasteiger partial charge on any atom is -0.454 e. The first-order valence-electron chi connectivity index (χ1n) is 8.57. The van der Waals surface area contributed by atoms with Crippen LogP contribution in [0.5, 0.6) is 11.5 Å². The van der Waals surface area contributed by atoms with E-state index in [1.165, 1.54) is 4.90 Å². The number of urea groups is 1. The minimum absolute atomic E-state index is 0.0213. The molecule has 1 N–H and O–H groups in total. The molecule has 2 aliphatic heterocycles. The summed E-state index contributed by atoms with van der Waals surface area (Å²) in [4.78, 5) is 28.0. The highest BCUT2D eigenvalue weighted by Gasteiger charge is 2.30. The molecule has 7 nitrogen and oxygen atoms in total. The van der Waals surface area contributed by atoms with Gasteiger partial charge in [-0.2, -0.15) is 0 Å². The van der Waals surface area contributed by atoms with Crippen molar-refractivity contribution in [2.45, 2.75) is 6.54 Å². The average Bonchev–Trinajstić information content (AvgIpc) is 3.27. The molecular formula is C19H18ClN3O4. The van der Waals surface area contributed by atoms with Crippen molar-refractivity contribution in [3.63, 3.8) is 0 Å². The third-order valence-corrected chi connectivity index (χ3v) is 4.75. The fraction of sp³-hybridized carbons (Fsp3) is 0.263. The lowest BCUT2D eigenvalue weighted by molar-refractivity contribution is -0.121. The Bertz CT molecular complexity index is 872. The Balaban J connectivity index is 1.30. The van der Waals surface area contributed by atoms with Crippen LogP contribution in [0.4, 0.5) is 10.5 Å². The molecule has 27 heavy (non-hydrogen) atoms. The number of anilines is 1. The van der Waals surface area contributed by atoms with Crippen molar-refractivity contribution in [1.29, 1.82) is 0 Å². The number of amides is 3. The Labute approximate surface area is 161 Å². The van der Waals surface area contributed by atoms with Crippen LogP contribution in [0.2, 0.25) is 5.02 Å². The largest absolute Gasteiger partial charge is 0.454 e. The first-order chi connectivity index (χ1) is 13.1. The van der Waals surface area contributed by atoms with E-state index in [0.717, 1.165) is 11.3 Å². The number of carbonyl (C=O) groups excluding carboxylic acids is 2. The lowest BCUT2D eigenvalue weighted by Crippen LogP contribution is -2.39. The minimum atomic E-state index is -0.209. The van der Waals surface area contributed by atoms with Crippen LogP contribution in [0.1, 0.15) is 5.56 Å². The normalized spacial score (nSPS) is 15.4. The van der Waals surface area contributed by atoms with Gasteiger partial charge in [0.05, 0.1) is 0 Å². The lowest BCUT2D eigenvalue weighted by Gasteiger charge is -2.18. The number of hydrogen-bond acceptors (Lipinski definition) is 4. The van der Waals surface area contributed by atoms with Crippen molar-refractivity contribution in [2.24, 2.45) is 0 Å². The maximum absolute atomic E-state index is 12.5. The number of benzene rings is 2. The van der Waals surface area contributed by atoms with Crippen LogP contribution in [-0.4, -0.2) is 43.3 Å². The van der Waals surface area contributed by atoms with Crippen molar-refractivity contribution in [3.05, 3.63) is 53.1 Å². The number of hydrogen-bond donors (Lipinski definition) is 1. The van der Waals surface area contributed by atoms with Gasteiger partial charge in [0.15, 0.2) is 11.5 Å². The van der Waals surface area contributed by atoms with E-state index in [0.29, 0.717) is 36.2 Å². The van der Waals surface area contributed by atoms with Crippen molar-refractivity contribution in [1.82, 2.24) is 10.2 Å². The smallest absolute Gasteiger partial charge is 0.325 e. The molecule has 0 aromatic heterocycles. The predicted octanol–water partition coefficient (Wildman–Crippen LogP) is 2.63. The summed E-state index contributed by atoms with van der Waals surface area (Å²) in [6.07, 6.45) is 0. The van der Waals surface area contributed by atoms with E-state index < -0.39 is 0 Å². The van der Waals surface area contributed by atoms with Gasteiger partial charge in [0.2, 0.25) is 12.7 Å². The van der Waals surface area contributed by atoms with E-state index in [4.69, 9.17) is 21.1 Å². The van der Waals surface area contributed by atoms with E-state index in [-0.39, 0.29) is 25.3 Å². The van der Waals surface area contributed by atoms with Crippen LogP contribution in [0.25, 0.3) is 0 Å². The van der Waals surface area contributed by atoms with Crippen molar-refractivity contribution >= 4 is 29.2 Å². The Hall–Kier alpha value is -2.93. The van der Waals surface area contributed by atoms with Gasteiger partial charge in [-0.15, -0.1) is 0 Å². The van der Waals surface area contributed by atoms with E-state index in [9.17, 15) is 9.59 Å². The fourth-order valence-corrected chi connectivity index (χ4v) is 3.20. The molecule has 0 bridgehead atoms. The topological polar surface area (TPSA) is 71.1 Å². The molecule has 2 aliphatic rings. The summed E-state index contributed by atoms with van der Waals surface area (Å²) in [5.41, 5.74) is 1.68. The third kappa shape index (κ3) is 3.78. The highest BCUT2D eigenvalue weighted by molar-refractivity contribution is 6.30. The molecule has 0 aliphatic carbocycles. The number of nitrogens with one attached hydrogen (secondary N) is 1. The van der Waals surface area contributed by atoms with Gasteiger partial charge in [0.1, 0.15) is 6.54 Å². The van der Waals surface area contributed by atoms with Gasteiger partial charge < -0.3 is 19.7 Å². The Morgan fingerprint density at radius 1 is 1.07 bits per heavy atom. The molecule has 2 aromatic rings. The number of nitrogens with zero attached hydrogens (tertiary/aromatic N) is 2. The molecule has 1 fully saturated rings. The first-order valence-corrected chi connectivity index (χ1v) is 8.95. The number of halogens is 1. The van der Waals surface area contributed by atoms with Crippen LogP contribution < -0.4 is 19.7 Å². The lowest BCUT2D eigenvalue weighted by atomic mass is 10.2. The summed E-state index contributed by atoms with van der Waals surface area (Å²) in [5, 5.41) is 3.45. The van der Waals surface area contributed by atoms with Gasteiger partial charge in [0, 0.05) is 30.3 Å². The van der Waals surface area contributed by atoms with E-state index in [1.54, 1.807) is 29.2 Å². The Kier molecular flexibility index (Phi) is 4.77. The second-order valence-corrected chi connectivity index (χ2v) is 6.73. The molecule has 1 saturated heterocycles. The molecule has 0 saturated carbocycles. The highest BCUT2D eigenvalue weighted by Crippen LogP contribution is 2.32. The average molecular weight is 388 g/mol. The number of rotatable bonds is 5. The molecule has 3 amide bonds. The van der Waals surface area contributed by atoms with Gasteiger partial charge in [-0.25, -0.2) is 4.79 Å². The molecule has 8 heteroatoms. The first kappa shape index (κ1) is 17.5. The zero-order chi connectivity index (χ0) is 18.8. The van der Waals surface area contributed by atoms with Crippen molar-refractivity contribution in [2.75, 3.05) is 31.3 Å². The maximum Gasteiger partial charge on any atom is 0.325 e. The number of carbonyl (C=O) groups is 2. The van der Waals surface area contributed by atoms with Crippen molar-refractivity contribution in [3.8, 4) is 11.5 Å². The zero-order valence-corrected chi connectivity index (χ0v) is 15.2. The molecule has 0 spiro atoms. The number of fused-ring (bicyclic) bond motifs is 1. The van der Waals surface area contributed by atoms with E-state index in [1.807, 2.05) is 18.2 Å². The Morgan fingerprint density at radius 2 is 1.85 bits per heavy atom. The SMILES string of the molecule is O=C(CN1CCN(c2ccc(Cl)cc2)C1=O)NCc1ccc2c(c1)OCO2. The van der Waals surface area contributed by atoms with Gasteiger partial charge in [-0.1, -0.05) is 17.7 Å². The molecular weight excluding hydrogens is 370 g/mol. The third-order valence-electron chi connectivity index (χ3n) is 4.49. The van der Waals surface area contributed by atoms with Gasteiger partial charge in [0.25, 0.3) is 0 Å². The summed E-state index contributed by atoms with van der Waals surface area (Å²) >= 11 is 5.89. The summed E-state index contributed by atoms with van der Waals surface area (Å²) in [7, 11) is 0. The zero-order valence-electron chi connectivity index (χ0n) is 14.5. The number of ether oxygens (including phenoxy) is 2. The predicted molar refractivity (Wildman–Crippen MR) is 100 cm³/mol. The van der Waals surface area contributed by atoms with Crippen LogP contribution in [0.15, 0.2) is 42.5 Å². The summed E-state index contributed by atoms with van der Waals surface area (Å²) in [6.45, 7) is 1.63. The van der Waals surface area contributed by atoms with Crippen LogP contribution in [0, 0.1) is 0 Å². The monoisotopic (exact) mass is 387 g/mol. The standard InChI is InChI=1S/C19H18ClN3O4/c20-14-2-4-15(5-3-14)23-8-7-22(19(23)25)11-18(24)21-10-13-1-6-16-17(9-13)27-12-26-16/h1-6,9H,7-8,10-12H2,(H,21,24). The molecule has 4 rings (SSSR count). The fourth-order valence-electron chi connectivity index (χ4n) is 3.07. The molecule has 0 unspecified atom stereocenters. The highest BCUT2D eigenvalue weighted by atomic mass is 35.5. The second-order valence-electron chi connectivity index (χ2n) is 6.30. The summed E-state index contributed by atoms with van der Waals surface area (Å²) < 4.78 is 10.6. The Morgan fingerprint density at radius 3 is 2.67 bits per heavy atom. The molecule has 140 valence electrons. The maximum atomic E-state index is 12.5. The van der Waals surface area contributed by atoms with Crippen LogP contribution in [-0.2, 0) is 11.3 Å². The van der Waals surface area contributed by atoms with Crippen molar-refractivity contribution < 1.29 is 19.1 Å². The van der Waals surface area contributed by atoms with Gasteiger partial charge >= 0.3 is 6.03 Å². The van der Waals surface area contributed by atoms with Crippen LogP contribution >= 0.6 is 11.6 Å². The quantitative estimate of drug-likeness (QED) is 0.856. The molecule has 0 atom stereocenters. The van der Waals surface area contributed by atoms with Gasteiger partial charge in [-0.05, 0) is 42.0 Å². The summed E-state index contributed by atoms with van der Waals surface area (Å²) in [5.74, 6) is 1.17. The molecule has 2 heterocycles. The summed E-state index contributed by atoms with van der Waals surface area (Å²) in [6, 6.07) is 12.4. The molecule has 2 aromatic carbocycles. The second kappa shape index (κ2) is 7.36. The van der Waals surface area contributed by atoms with Gasteiger partial charge in [-0.3, -0.25) is 9.69 Å². The van der Waals surface area contributed by atoms with E-state index in [2.05, 4.69) is 5.32 Å². The molecule has 0 radical (unpaired) electrons. The van der Waals surface area contributed by atoms with Crippen LogP contribution in [0.3, 0.4) is 0 Å². The van der Waals surface area contributed by atoms with E-state index >= 15 is 0 Å².